The Hall–Kier alpha value is -2.34. The Balaban J connectivity index is 2.03. The molecule has 0 heterocycles. The SMILES string of the molecule is CC1=C(C)C[C@H](C(=O)NNC(=O)c2cccc(Cl)c2)[C@@H](C(=O)O)C1. The number of carboxylic acids is 1. The molecule has 1 aromatic rings. The van der Waals surface area contributed by atoms with Crippen LogP contribution in [0.4, 0.5) is 0 Å². The van der Waals surface area contributed by atoms with Crippen molar-refractivity contribution in [2.75, 3.05) is 0 Å². The Morgan fingerprint density at radius 1 is 1.08 bits per heavy atom. The first kappa shape index (κ1) is 18.0. The zero-order valence-electron chi connectivity index (χ0n) is 13.4. The van der Waals surface area contributed by atoms with Crippen molar-refractivity contribution in [2.24, 2.45) is 11.8 Å². The number of hydrogen-bond donors (Lipinski definition) is 3. The van der Waals surface area contributed by atoms with E-state index < -0.39 is 29.6 Å². The molecule has 0 saturated carbocycles. The molecule has 6 nitrogen and oxygen atoms in total. The Labute approximate surface area is 144 Å². The van der Waals surface area contributed by atoms with E-state index in [2.05, 4.69) is 10.9 Å². The van der Waals surface area contributed by atoms with Gasteiger partial charge in [0.25, 0.3) is 5.91 Å². The van der Waals surface area contributed by atoms with E-state index in [0.717, 1.165) is 11.1 Å². The lowest BCUT2D eigenvalue weighted by Gasteiger charge is -2.29. The Morgan fingerprint density at radius 2 is 1.71 bits per heavy atom. The van der Waals surface area contributed by atoms with Crippen molar-refractivity contribution in [1.29, 1.82) is 0 Å². The predicted octanol–water partition coefficient (Wildman–Crippen LogP) is 2.55. The van der Waals surface area contributed by atoms with Crippen molar-refractivity contribution in [3.05, 3.63) is 46.0 Å². The average Bonchev–Trinajstić information content (AvgIpc) is 2.54. The van der Waals surface area contributed by atoms with Crippen LogP contribution in [0, 0.1) is 11.8 Å². The minimum atomic E-state index is -1.01. The fourth-order valence-electron chi connectivity index (χ4n) is 2.74. The Kier molecular flexibility index (Phi) is 5.62. The summed E-state index contributed by atoms with van der Waals surface area (Å²) < 4.78 is 0. The normalized spacial score (nSPS) is 20.5. The lowest BCUT2D eigenvalue weighted by molar-refractivity contribution is -0.147. The van der Waals surface area contributed by atoms with Gasteiger partial charge in [-0.15, -0.1) is 0 Å². The quantitative estimate of drug-likeness (QED) is 0.576. The van der Waals surface area contributed by atoms with Gasteiger partial charge >= 0.3 is 5.97 Å². The van der Waals surface area contributed by atoms with Gasteiger partial charge in [-0.3, -0.25) is 25.2 Å². The van der Waals surface area contributed by atoms with E-state index in [-0.39, 0.29) is 0 Å². The summed E-state index contributed by atoms with van der Waals surface area (Å²) in [4.78, 5) is 35.7. The number of carboxylic acid groups (broad SMARTS) is 1. The van der Waals surface area contributed by atoms with E-state index in [9.17, 15) is 19.5 Å². The summed E-state index contributed by atoms with van der Waals surface area (Å²) in [5.41, 5.74) is 6.93. The molecule has 1 aromatic carbocycles. The maximum absolute atomic E-state index is 12.3. The molecule has 0 aliphatic heterocycles. The monoisotopic (exact) mass is 350 g/mol. The van der Waals surface area contributed by atoms with E-state index in [1.54, 1.807) is 18.2 Å². The summed E-state index contributed by atoms with van der Waals surface area (Å²) in [7, 11) is 0. The van der Waals surface area contributed by atoms with Gasteiger partial charge < -0.3 is 5.11 Å². The maximum atomic E-state index is 12.3. The molecule has 0 unspecified atom stereocenters. The van der Waals surface area contributed by atoms with E-state index in [1.165, 1.54) is 6.07 Å². The van der Waals surface area contributed by atoms with E-state index >= 15 is 0 Å². The number of aliphatic carboxylic acids is 1. The molecular weight excluding hydrogens is 332 g/mol. The highest BCUT2D eigenvalue weighted by atomic mass is 35.5. The smallest absolute Gasteiger partial charge is 0.307 e. The molecule has 7 heteroatoms. The molecular formula is C17H19ClN2O4. The Morgan fingerprint density at radius 3 is 2.29 bits per heavy atom. The van der Waals surface area contributed by atoms with Crippen LogP contribution in [0.15, 0.2) is 35.4 Å². The number of halogens is 1. The van der Waals surface area contributed by atoms with Crippen LogP contribution < -0.4 is 10.9 Å². The molecule has 2 atom stereocenters. The molecule has 3 N–H and O–H groups in total. The summed E-state index contributed by atoms with van der Waals surface area (Å²) in [6, 6.07) is 6.29. The van der Waals surface area contributed by atoms with Crippen molar-refractivity contribution in [1.82, 2.24) is 10.9 Å². The summed E-state index contributed by atoms with van der Waals surface area (Å²) in [6.45, 7) is 3.76. The van der Waals surface area contributed by atoms with Gasteiger partial charge in [0.05, 0.1) is 11.8 Å². The van der Waals surface area contributed by atoms with E-state index in [4.69, 9.17) is 11.6 Å². The number of amides is 2. The third-order valence-corrected chi connectivity index (χ3v) is 4.54. The lowest BCUT2D eigenvalue weighted by atomic mass is 9.76. The highest BCUT2D eigenvalue weighted by Crippen LogP contribution is 2.34. The van der Waals surface area contributed by atoms with Crippen molar-refractivity contribution in [3.63, 3.8) is 0 Å². The number of rotatable bonds is 3. The number of nitrogens with one attached hydrogen (secondary N) is 2. The van der Waals surface area contributed by atoms with Crippen molar-refractivity contribution >= 4 is 29.4 Å². The number of hydrazine groups is 1. The number of carbonyl (C=O) groups is 3. The zero-order chi connectivity index (χ0) is 17.9. The molecule has 0 aromatic heterocycles. The fraction of sp³-hybridized carbons (Fsp3) is 0.353. The highest BCUT2D eigenvalue weighted by Gasteiger charge is 2.37. The number of benzene rings is 1. The van der Waals surface area contributed by atoms with Crippen LogP contribution in [-0.2, 0) is 9.59 Å². The third kappa shape index (κ3) is 4.14. The topological polar surface area (TPSA) is 95.5 Å². The van der Waals surface area contributed by atoms with Gasteiger partial charge in [-0.05, 0) is 44.9 Å². The van der Waals surface area contributed by atoms with Gasteiger partial charge in [-0.25, -0.2) is 0 Å². The molecule has 24 heavy (non-hydrogen) atoms. The summed E-state index contributed by atoms with van der Waals surface area (Å²) in [5, 5.41) is 9.75. The maximum Gasteiger partial charge on any atom is 0.307 e. The van der Waals surface area contributed by atoms with E-state index in [0.29, 0.717) is 23.4 Å². The second-order valence-electron chi connectivity index (χ2n) is 5.97. The second kappa shape index (κ2) is 7.49. The highest BCUT2D eigenvalue weighted by molar-refractivity contribution is 6.30. The number of allylic oxidation sites excluding steroid dienone is 2. The minimum absolute atomic E-state index is 0.299. The average molecular weight is 351 g/mol. The first-order valence-corrected chi connectivity index (χ1v) is 7.91. The van der Waals surface area contributed by atoms with Crippen molar-refractivity contribution in [3.8, 4) is 0 Å². The standard InChI is InChI=1S/C17H19ClN2O4/c1-9-6-13(14(17(23)24)7-10(9)2)16(22)20-19-15(21)11-4-3-5-12(18)8-11/h3-5,8,13-14H,6-7H2,1-2H3,(H,19,21)(H,20,22)(H,23,24)/t13-,14-/m0/s1. The van der Waals surface area contributed by atoms with Gasteiger partial charge in [-0.2, -0.15) is 0 Å². The second-order valence-corrected chi connectivity index (χ2v) is 6.41. The van der Waals surface area contributed by atoms with Crippen LogP contribution in [0.2, 0.25) is 5.02 Å². The Bertz CT molecular complexity index is 714. The van der Waals surface area contributed by atoms with Gasteiger partial charge in [-0.1, -0.05) is 28.8 Å². The predicted molar refractivity (Wildman–Crippen MR) is 89.3 cm³/mol. The molecule has 2 amide bonds. The summed E-state index contributed by atoms with van der Waals surface area (Å²) in [5.74, 6) is -3.55. The number of hydrogen-bond acceptors (Lipinski definition) is 3. The van der Waals surface area contributed by atoms with E-state index in [1.807, 2.05) is 13.8 Å². The van der Waals surface area contributed by atoms with Crippen LogP contribution in [0.1, 0.15) is 37.0 Å². The van der Waals surface area contributed by atoms with Crippen LogP contribution in [-0.4, -0.2) is 22.9 Å². The third-order valence-electron chi connectivity index (χ3n) is 4.31. The summed E-state index contributed by atoms with van der Waals surface area (Å²) in [6.07, 6.45) is 0.698. The van der Waals surface area contributed by atoms with Crippen LogP contribution >= 0.6 is 11.6 Å². The van der Waals surface area contributed by atoms with Crippen molar-refractivity contribution in [2.45, 2.75) is 26.7 Å². The fourth-order valence-corrected chi connectivity index (χ4v) is 2.93. The molecule has 0 bridgehead atoms. The van der Waals surface area contributed by atoms with Crippen LogP contribution in [0.25, 0.3) is 0 Å². The largest absolute Gasteiger partial charge is 0.481 e. The molecule has 1 aliphatic carbocycles. The minimum Gasteiger partial charge on any atom is -0.481 e. The zero-order valence-corrected chi connectivity index (χ0v) is 14.2. The molecule has 1 aliphatic rings. The van der Waals surface area contributed by atoms with Gasteiger partial charge in [0.2, 0.25) is 5.91 Å². The molecule has 0 spiro atoms. The van der Waals surface area contributed by atoms with Crippen LogP contribution in [0.3, 0.4) is 0 Å². The van der Waals surface area contributed by atoms with Crippen molar-refractivity contribution < 1.29 is 19.5 Å². The van der Waals surface area contributed by atoms with Gasteiger partial charge in [0.1, 0.15) is 0 Å². The molecule has 128 valence electrons. The first-order valence-electron chi connectivity index (χ1n) is 7.53. The molecule has 0 fully saturated rings. The summed E-state index contributed by atoms with van der Waals surface area (Å²) >= 11 is 5.82. The van der Waals surface area contributed by atoms with Gasteiger partial charge in [0.15, 0.2) is 0 Å². The van der Waals surface area contributed by atoms with Gasteiger partial charge in [0, 0.05) is 10.6 Å². The molecule has 0 radical (unpaired) electrons. The molecule has 0 saturated heterocycles. The first-order chi connectivity index (χ1) is 11.3. The number of carbonyl (C=O) groups excluding carboxylic acids is 2. The molecule has 2 rings (SSSR count). The van der Waals surface area contributed by atoms with Crippen LogP contribution in [0.5, 0.6) is 0 Å². The lowest BCUT2D eigenvalue weighted by Crippen LogP contribution is -2.48.